The lowest BCUT2D eigenvalue weighted by Crippen LogP contribution is -2.49. The van der Waals surface area contributed by atoms with Crippen LogP contribution in [-0.4, -0.2) is 57.8 Å². The normalized spacial score (nSPS) is 21.5. The van der Waals surface area contributed by atoms with Gasteiger partial charge in [-0.2, -0.15) is 0 Å². The topological polar surface area (TPSA) is 147 Å². The number of rotatable bonds is 16. The lowest BCUT2D eigenvalue weighted by Gasteiger charge is -2.42. The molecule has 2 aliphatic heterocycles. The molecular formula is C47H62O9. The van der Waals surface area contributed by atoms with Crippen LogP contribution in [0.4, 0.5) is 0 Å². The number of aliphatic hydroxyl groups excluding tert-OH is 1. The average molecular weight is 771 g/mol. The van der Waals surface area contributed by atoms with E-state index in [1.165, 1.54) is 34.4 Å². The summed E-state index contributed by atoms with van der Waals surface area (Å²) < 4.78 is 12.3. The zero-order valence-corrected chi connectivity index (χ0v) is 34.8. The Morgan fingerprint density at radius 2 is 1.05 bits per heavy atom. The van der Waals surface area contributed by atoms with Crippen molar-refractivity contribution in [1.29, 1.82) is 0 Å². The van der Waals surface area contributed by atoms with Crippen molar-refractivity contribution in [1.82, 2.24) is 0 Å². The molecule has 0 spiro atoms. The number of aliphatic hydroxyl groups is 1. The summed E-state index contributed by atoms with van der Waals surface area (Å²) in [5.74, 6) is 0.619. The zero-order valence-electron chi connectivity index (χ0n) is 34.8. The van der Waals surface area contributed by atoms with Gasteiger partial charge in [0.1, 0.15) is 34.2 Å². The van der Waals surface area contributed by atoms with Crippen molar-refractivity contribution in [3.05, 3.63) is 92.1 Å². The highest BCUT2D eigenvalue weighted by Gasteiger charge is 2.42. The third-order valence-electron chi connectivity index (χ3n) is 11.1. The Bertz CT molecular complexity index is 1740. The van der Waals surface area contributed by atoms with Crippen molar-refractivity contribution >= 4 is 25.1 Å². The molecule has 0 unspecified atom stereocenters. The second kappa shape index (κ2) is 20.4. The maximum Gasteiger partial charge on any atom is 0.154 e. The zero-order chi connectivity index (χ0) is 41.8. The van der Waals surface area contributed by atoms with Gasteiger partial charge in [-0.3, -0.25) is 19.2 Å². The SMILES string of the molecule is CC(C)=CCC/C(C)=C/CC[C@]1(C)Oc2c(C=O)c(C=O)cc(O)c2C[C@@H]1C.CC(C)=CCC/C(C)=C/CC[C@]1(C)Oc2c(C=O)c(C=O)cc(O)c2C[C@@H]1O. The van der Waals surface area contributed by atoms with Gasteiger partial charge in [0, 0.05) is 28.7 Å². The summed E-state index contributed by atoms with van der Waals surface area (Å²) in [6.45, 7) is 18.6. The molecule has 0 bridgehead atoms. The Morgan fingerprint density at radius 3 is 1.46 bits per heavy atom. The van der Waals surface area contributed by atoms with Crippen LogP contribution in [0.3, 0.4) is 0 Å². The monoisotopic (exact) mass is 770 g/mol. The summed E-state index contributed by atoms with van der Waals surface area (Å²) in [5, 5.41) is 31.1. The van der Waals surface area contributed by atoms with E-state index in [9.17, 15) is 34.5 Å². The second-order valence-electron chi connectivity index (χ2n) is 16.4. The average Bonchev–Trinajstić information content (AvgIpc) is 3.13. The number of hydrogen-bond donors (Lipinski definition) is 3. The third-order valence-corrected chi connectivity index (χ3v) is 11.1. The molecule has 0 amide bonds. The summed E-state index contributed by atoms with van der Waals surface area (Å²) in [4.78, 5) is 45.6. The summed E-state index contributed by atoms with van der Waals surface area (Å²) >= 11 is 0. The Morgan fingerprint density at radius 1 is 0.643 bits per heavy atom. The highest BCUT2D eigenvalue weighted by Crippen LogP contribution is 2.46. The standard InChI is InChI=1S/C24H32O4.C23H30O5/c1-16(2)8-6-9-17(3)10-7-11-24(5)18(4)12-20-22(27)13-19(14-25)21(15-26)23(20)28-24;1-15(2)7-5-8-16(3)9-6-10-23(4)21(27)12-18-20(26)11-17(13-24)19(14-25)22(18)28-23/h8,10,13-15,18,27H,6-7,9,11-12H2,1-5H3;7,9,11,13-14,21,26-27H,5-6,8,10,12H2,1-4H3/b17-10+;16-9+/t18-,24-;21-,23-/m00/s1. The minimum atomic E-state index is -0.907. The second-order valence-corrected chi connectivity index (χ2v) is 16.4. The molecule has 2 aromatic rings. The number of benzene rings is 2. The van der Waals surface area contributed by atoms with E-state index in [0.717, 1.165) is 44.9 Å². The van der Waals surface area contributed by atoms with Crippen molar-refractivity contribution in [3.63, 3.8) is 0 Å². The number of fused-ring (bicyclic) bond motifs is 2. The number of aldehydes is 4. The number of carbonyl (C=O) groups is 4. The van der Waals surface area contributed by atoms with E-state index in [2.05, 4.69) is 72.8 Å². The lowest BCUT2D eigenvalue weighted by atomic mass is 9.78. The Balaban J connectivity index is 0.000000300. The van der Waals surface area contributed by atoms with Crippen LogP contribution in [0.25, 0.3) is 0 Å². The fourth-order valence-electron chi connectivity index (χ4n) is 7.18. The van der Waals surface area contributed by atoms with Gasteiger partial charge in [0.05, 0.1) is 17.2 Å². The molecule has 4 rings (SSSR count). The van der Waals surface area contributed by atoms with E-state index in [4.69, 9.17) is 9.47 Å². The third kappa shape index (κ3) is 11.6. The van der Waals surface area contributed by atoms with Gasteiger partial charge in [-0.15, -0.1) is 0 Å². The van der Waals surface area contributed by atoms with E-state index in [-0.39, 0.29) is 51.8 Å². The first-order valence-electron chi connectivity index (χ1n) is 19.7. The molecule has 3 N–H and O–H groups in total. The Kier molecular flexibility index (Phi) is 16.6. The number of ether oxygens (including phenoxy) is 2. The van der Waals surface area contributed by atoms with Gasteiger partial charge < -0.3 is 24.8 Å². The Labute approximate surface area is 333 Å². The minimum Gasteiger partial charge on any atom is -0.508 e. The van der Waals surface area contributed by atoms with Gasteiger partial charge >= 0.3 is 0 Å². The molecule has 304 valence electrons. The van der Waals surface area contributed by atoms with Crippen LogP contribution in [0.2, 0.25) is 0 Å². The highest BCUT2D eigenvalue weighted by atomic mass is 16.5. The van der Waals surface area contributed by atoms with Crippen LogP contribution >= 0.6 is 0 Å². The van der Waals surface area contributed by atoms with Crippen LogP contribution in [0.15, 0.2) is 58.7 Å². The fourth-order valence-corrected chi connectivity index (χ4v) is 7.18. The molecule has 9 heteroatoms. The summed E-state index contributed by atoms with van der Waals surface area (Å²) in [7, 11) is 0. The number of aromatic hydroxyl groups is 2. The van der Waals surface area contributed by atoms with Crippen LogP contribution in [0.1, 0.15) is 166 Å². The van der Waals surface area contributed by atoms with Crippen LogP contribution in [0, 0.1) is 5.92 Å². The van der Waals surface area contributed by atoms with E-state index in [0.29, 0.717) is 54.9 Å². The van der Waals surface area contributed by atoms with E-state index >= 15 is 0 Å². The predicted molar refractivity (Wildman–Crippen MR) is 222 cm³/mol. The van der Waals surface area contributed by atoms with Crippen molar-refractivity contribution in [3.8, 4) is 23.0 Å². The van der Waals surface area contributed by atoms with Gasteiger partial charge in [0.2, 0.25) is 0 Å². The molecule has 2 heterocycles. The molecule has 2 aliphatic rings. The maximum atomic E-state index is 11.6. The molecule has 0 saturated carbocycles. The quantitative estimate of drug-likeness (QED) is 0.112. The van der Waals surface area contributed by atoms with Gasteiger partial charge in [0.15, 0.2) is 25.1 Å². The first kappa shape index (κ1) is 45.6. The molecule has 0 radical (unpaired) electrons. The summed E-state index contributed by atoms with van der Waals surface area (Å²) in [5.41, 5.74) is 5.50. The van der Waals surface area contributed by atoms with Crippen molar-refractivity contribution in [2.45, 2.75) is 144 Å². The molecule has 2 aromatic carbocycles. The molecule has 9 nitrogen and oxygen atoms in total. The molecule has 0 aliphatic carbocycles. The first-order chi connectivity index (χ1) is 26.4. The Hall–Kier alpha value is -4.76. The summed E-state index contributed by atoms with van der Waals surface area (Å²) in [6, 6.07) is 2.60. The largest absolute Gasteiger partial charge is 0.508 e. The smallest absolute Gasteiger partial charge is 0.154 e. The van der Waals surface area contributed by atoms with Crippen molar-refractivity contribution in [2.24, 2.45) is 5.92 Å². The number of allylic oxidation sites excluding steroid dienone is 8. The first-order valence-corrected chi connectivity index (χ1v) is 19.7. The van der Waals surface area contributed by atoms with Gasteiger partial charge in [-0.05, 0) is 131 Å². The molecule has 0 aromatic heterocycles. The molecule has 0 saturated heterocycles. The number of phenols is 2. The summed E-state index contributed by atoms with van der Waals surface area (Å²) in [6.07, 6.45) is 18.2. The van der Waals surface area contributed by atoms with Crippen LogP contribution in [0.5, 0.6) is 23.0 Å². The van der Waals surface area contributed by atoms with Crippen LogP contribution in [-0.2, 0) is 12.8 Å². The van der Waals surface area contributed by atoms with Crippen molar-refractivity contribution in [2.75, 3.05) is 0 Å². The predicted octanol–water partition coefficient (Wildman–Crippen LogP) is 10.4. The highest BCUT2D eigenvalue weighted by molar-refractivity contribution is 5.95. The minimum absolute atomic E-state index is 0.0200. The van der Waals surface area contributed by atoms with E-state index in [1.807, 2.05) is 6.92 Å². The van der Waals surface area contributed by atoms with Crippen LogP contribution < -0.4 is 9.47 Å². The number of carbonyl (C=O) groups excluding carboxylic acids is 4. The molecule has 4 atom stereocenters. The number of hydrogen-bond acceptors (Lipinski definition) is 9. The van der Waals surface area contributed by atoms with Gasteiger partial charge in [-0.1, -0.05) is 53.5 Å². The fraction of sp³-hybridized carbons (Fsp3) is 0.489. The maximum absolute atomic E-state index is 11.6. The molecule has 0 fully saturated rings. The van der Waals surface area contributed by atoms with Gasteiger partial charge in [-0.25, -0.2) is 0 Å². The molecule has 56 heavy (non-hydrogen) atoms. The number of phenolic OH excluding ortho intramolecular Hbond substituents is 2. The van der Waals surface area contributed by atoms with E-state index in [1.54, 1.807) is 6.92 Å². The van der Waals surface area contributed by atoms with Crippen molar-refractivity contribution < 1.29 is 44.0 Å². The van der Waals surface area contributed by atoms with Gasteiger partial charge in [0.25, 0.3) is 0 Å². The molecular weight excluding hydrogens is 709 g/mol. The lowest BCUT2D eigenvalue weighted by molar-refractivity contribution is -0.0595. The van der Waals surface area contributed by atoms with E-state index < -0.39 is 17.3 Å².